The molecular formula is C23H27ClN2O6. The first-order valence-electron chi connectivity index (χ1n) is 10.5. The van der Waals surface area contributed by atoms with Crippen molar-refractivity contribution in [3.8, 4) is 5.75 Å². The lowest BCUT2D eigenvalue weighted by Crippen LogP contribution is -2.46. The molecule has 0 aliphatic carbocycles. The summed E-state index contributed by atoms with van der Waals surface area (Å²) in [6, 6.07) is 4.42. The summed E-state index contributed by atoms with van der Waals surface area (Å²) < 4.78 is 16.9. The van der Waals surface area contributed by atoms with Crippen molar-refractivity contribution in [1.82, 2.24) is 9.88 Å². The molecule has 1 amide bonds. The van der Waals surface area contributed by atoms with E-state index in [1.807, 2.05) is 0 Å². The number of esters is 1. The molecule has 9 heteroatoms. The van der Waals surface area contributed by atoms with Crippen LogP contribution < -0.4 is 4.74 Å². The van der Waals surface area contributed by atoms with Gasteiger partial charge in [0.25, 0.3) is 0 Å². The zero-order chi connectivity index (χ0) is 23.4. The molecule has 1 fully saturated rings. The summed E-state index contributed by atoms with van der Waals surface area (Å²) in [4.78, 5) is 31.3. The number of aryl methyl sites for hydroxylation is 1. The molecule has 0 bridgehead atoms. The molecule has 8 nitrogen and oxygen atoms in total. The topological polar surface area (TPSA) is 98.2 Å². The van der Waals surface area contributed by atoms with Crippen LogP contribution in [0.1, 0.15) is 51.0 Å². The highest BCUT2D eigenvalue weighted by Crippen LogP contribution is 2.49. The van der Waals surface area contributed by atoms with Gasteiger partial charge in [-0.15, -0.1) is 0 Å². The third kappa shape index (κ3) is 3.97. The summed E-state index contributed by atoms with van der Waals surface area (Å²) in [5, 5.41) is 12.4. The van der Waals surface area contributed by atoms with Crippen molar-refractivity contribution in [3.63, 3.8) is 0 Å². The lowest BCUT2D eigenvalue weighted by molar-refractivity contribution is -0.145. The Labute approximate surface area is 191 Å². The van der Waals surface area contributed by atoms with Crippen molar-refractivity contribution in [2.24, 2.45) is 0 Å². The van der Waals surface area contributed by atoms with E-state index in [0.29, 0.717) is 32.9 Å². The first-order chi connectivity index (χ1) is 14.9. The molecule has 1 saturated heterocycles. The van der Waals surface area contributed by atoms with Gasteiger partial charge in [0.2, 0.25) is 0 Å². The lowest BCUT2D eigenvalue weighted by atomic mass is 9.85. The van der Waals surface area contributed by atoms with Crippen molar-refractivity contribution in [1.29, 1.82) is 0 Å². The SMILES string of the molecule is COC(=O)C1CC2(CC(O)c3c(c(C)nc4ccc(Cl)cc34)O2)CN1C(=O)OC(C)(C)C. The number of methoxy groups -OCH3 is 1. The van der Waals surface area contributed by atoms with Crippen LogP contribution in [0.15, 0.2) is 18.2 Å². The Bertz CT molecular complexity index is 1100. The van der Waals surface area contributed by atoms with Crippen molar-refractivity contribution in [3.05, 3.63) is 34.5 Å². The zero-order valence-corrected chi connectivity index (χ0v) is 19.5. The predicted octanol–water partition coefficient (Wildman–Crippen LogP) is 3.93. The second kappa shape index (κ2) is 7.78. The quantitative estimate of drug-likeness (QED) is 0.641. The Hall–Kier alpha value is -2.58. The van der Waals surface area contributed by atoms with E-state index >= 15 is 0 Å². The molecule has 3 atom stereocenters. The summed E-state index contributed by atoms with van der Waals surface area (Å²) in [7, 11) is 1.27. The van der Waals surface area contributed by atoms with Gasteiger partial charge in [-0.05, 0) is 45.9 Å². The van der Waals surface area contributed by atoms with E-state index < -0.39 is 35.4 Å². The number of hydrogen-bond donors (Lipinski definition) is 1. The number of hydrogen-bond acceptors (Lipinski definition) is 7. The number of aliphatic hydroxyl groups is 1. The minimum absolute atomic E-state index is 0.0746. The molecule has 2 aromatic rings. The molecule has 3 unspecified atom stereocenters. The van der Waals surface area contributed by atoms with Gasteiger partial charge in [-0.2, -0.15) is 0 Å². The zero-order valence-electron chi connectivity index (χ0n) is 18.8. The van der Waals surface area contributed by atoms with Gasteiger partial charge >= 0.3 is 12.1 Å². The fourth-order valence-electron chi connectivity index (χ4n) is 4.57. The van der Waals surface area contributed by atoms with Crippen molar-refractivity contribution in [2.45, 2.75) is 63.9 Å². The van der Waals surface area contributed by atoms with Crippen LogP contribution in [-0.4, -0.2) is 58.0 Å². The van der Waals surface area contributed by atoms with Crippen LogP contribution in [0, 0.1) is 6.92 Å². The summed E-state index contributed by atoms with van der Waals surface area (Å²) in [5.41, 5.74) is 0.217. The van der Waals surface area contributed by atoms with Crippen LogP contribution in [0.3, 0.4) is 0 Å². The standard InChI is InChI=1S/C23H27ClN2O6/c1-12-19-18(14-8-13(24)6-7-15(14)25-12)17(27)10-23(31-19)9-16(20(28)30-5)26(11-23)21(29)32-22(2,3)4/h6-8,16-17,27H,9-11H2,1-5H3. The van der Waals surface area contributed by atoms with Crippen LogP contribution in [0.5, 0.6) is 5.75 Å². The summed E-state index contributed by atoms with van der Waals surface area (Å²) in [6.45, 7) is 7.15. The van der Waals surface area contributed by atoms with Crippen molar-refractivity contribution in [2.75, 3.05) is 13.7 Å². The molecule has 32 heavy (non-hydrogen) atoms. The Balaban J connectivity index is 1.74. The number of halogens is 1. The Morgan fingerprint density at radius 2 is 2.03 bits per heavy atom. The number of pyridine rings is 1. The molecule has 0 saturated carbocycles. The van der Waals surface area contributed by atoms with Crippen LogP contribution in [0.25, 0.3) is 10.9 Å². The van der Waals surface area contributed by atoms with Crippen LogP contribution in [-0.2, 0) is 14.3 Å². The van der Waals surface area contributed by atoms with E-state index in [0.717, 1.165) is 0 Å². The highest BCUT2D eigenvalue weighted by molar-refractivity contribution is 6.31. The summed E-state index contributed by atoms with van der Waals surface area (Å²) >= 11 is 6.19. The molecule has 1 N–H and O–H groups in total. The van der Waals surface area contributed by atoms with E-state index in [9.17, 15) is 14.7 Å². The van der Waals surface area contributed by atoms with Gasteiger partial charge in [0, 0.05) is 28.8 Å². The van der Waals surface area contributed by atoms with E-state index in [1.165, 1.54) is 12.0 Å². The molecule has 2 aliphatic heterocycles. The number of ether oxygens (including phenoxy) is 3. The minimum atomic E-state index is -0.985. The number of nitrogens with zero attached hydrogens (tertiary/aromatic N) is 2. The first kappa shape index (κ1) is 22.6. The molecule has 3 heterocycles. The maximum atomic E-state index is 12.9. The van der Waals surface area contributed by atoms with Crippen LogP contribution in [0.2, 0.25) is 5.02 Å². The Kier molecular flexibility index (Phi) is 5.49. The number of likely N-dealkylation sites (tertiary alicyclic amines) is 1. The highest BCUT2D eigenvalue weighted by atomic mass is 35.5. The van der Waals surface area contributed by atoms with Crippen molar-refractivity contribution >= 4 is 34.6 Å². The van der Waals surface area contributed by atoms with E-state index in [2.05, 4.69) is 4.98 Å². The maximum absolute atomic E-state index is 12.9. The fraction of sp³-hybridized carbons (Fsp3) is 0.522. The number of aliphatic hydroxyl groups excluding tert-OH is 1. The number of carbonyl (C=O) groups excluding carboxylic acids is 2. The number of amides is 1. The molecule has 1 aromatic heterocycles. The lowest BCUT2D eigenvalue weighted by Gasteiger charge is -2.39. The monoisotopic (exact) mass is 462 g/mol. The third-order valence-corrected chi connectivity index (χ3v) is 6.06. The van der Waals surface area contributed by atoms with Crippen LogP contribution in [0.4, 0.5) is 4.79 Å². The second-order valence-electron chi connectivity index (χ2n) is 9.46. The van der Waals surface area contributed by atoms with E-state index in [1.54, 1.807) is 45.9 Å². The number of fused-ring (bicyclic) bond motifs is 3. The predicted molar refractivity (Wildman–Crippen MR) is 118 cm³/mol. The minimum Gasteiger partial charge on any atom is -0.483 e. The molecule has 4 rings (SSSR count). The van der Waals surface area contributed by atoms with Gasteiger partial charge in [-0.25, -0.2) is 14.6 Å². The number of carbonyl (C=O) groups is 2. The third-order valence-electron chi connectivity index (χ3n) is 5.83. The number of rotatable bonds is 1. The first-order valence-corrected chi connectivity index (χ1v) is 10.9. The second-order valence-corrected chi connectivity index (χ2v) is 9.89. The normalized spacial score (nSPS) is 24.9. The van der Waals surface area contributed by atoms with Gasteiger partial charge in [0.1, 0.15) is 23.0 Å². The smallest absolute Gasteiger partial charge is 0.411 e. The molecule has 1 spiro atoms. The molecular weight excluding hydrogens is 436 g/mol. The average molecular weight is 463 g/mol. The van der Waals surface area contributed by atoms with Gasteiger partial charge < -0.3 is 19.3 Å². The number of benzene rings is 1. The fourth-order valence-corrected chi connectivity index (χ4v) is 4.74. The highest BCUT2D eigenvalue weighted by Gasteiger charge is 2.55. The summed E-state index contributed by atoms with van der Waals surface area (Å²) in [5.74, 6) is -0.107. The Morgan fingerprint density at radius 3 is 2.69 bits per heavy atom. The van der Waals surface area contributed by atoms with Gasteiger partial charge in [0.05, 0.1) is 31.0 Å². The summed E-state index contributed by atoms with van der Waals surface area (Å²) in [6.07, 6.45) is -1.16. The molecule has 2 aliphatic rings. The van der Waals surface area contributed by atoms with E-state index in [4.69, 9.17) is 25.8 Å². The van der Waals surface area contributed by atoms with Crippen molar-refractivity contribution < 1.29 is 28.9 Å². The maximum Gasteiger partial charge on any atom is 0.411 e. The average Bonchev–Trinajstić information content (AvgIpc) is 3.05. The number of aromatic nitrogens is 1. The van der Waals surface area contributed by atoms with Gasteiger partial charge in [0.15, 0.2) is 0 Å². The molecule has 0 radical (unpaired) electrons. The van der Waals surface area contributed by atoms with Crippen LogP contribution >= 0.6 is 11.6 Å². The van der Waals surface area contributed by atoms with Gasteiger partial charge in [-0.1, -0.05) is 11.6 Å². The largest absolute Gasteiger partial charge is 0.483 e. The molecule has 172 valence electrons. The molecule has 1 aromatic carbocycles. The van der Waals surface area contributed by atoms with E-state index in [-0.39, 0.29) is 19.4 Å². The van der Waals surface area contributed by atoms with Gasteiger partial charge in [-0.3, -0.25) is 4.90 Å². The Morgan fingerprint density at radius 1 is 1.31 bits per heavy atom.